The molecule has 0 radical (unpaired) electrons. The Morgan fingerprint density at radius 2 is 2.17 bits per heavy atom. The lowest BCUT2D eigenvalue weighted by molar-refractivity contribution is 0.0705. The smallest absolute Gasteiger partial charge is 0.191 e. The van der Waals surface area contributed by atoms with E-state index in [9.17, 15) is 0 Å². The van der Waals surface area contributed by atoms with Gasteiger partial charge in [-0.1, -0.05) is 11.8 Å². The number of hydrogen-bond acceptors (Lipinski definition) is 7. The van der Waals surface area contributed by atoms with Crippen LogP contribution in [0.5, 0.6) is 0 Å². The number of anilines is 2. The molecule has 0 unspecified atom stereocenters. The summed E-state index contributed by atoms with van der Waals surface area (Å²) in [6.07, 6.45) is 2.82. The van der Waals surface area contributed by atoms with Crippen LogP contribution in [0.2, 0.25) is 0 Å². The molecule has 0 aliphatic rings. The van der Waals surface area contributed by atoms with E-state index in [0.29, 0.717) is 30.8 Å². The predicted molar refractivity (Wildman–Crippen MR) is 74.0 cm³/mol. The molecule has 0 aliphatic heterocycles. The van der Waals surface area contributed by atoms with Crippen LogP contribution in [0.25, 0.3) is 0 Å². The van der Waals surface area contributed by atoms with Gasteiger partial charge >= 0.3 is 0 Å². The number of nitrogen functional groups attached to an aromatic ring is 1. The van der Waals surface area contributed by atoms with Crippen LogP contribution in [-0.4, -0.2) is 49.7 Å². The third-order valence-corrected chi connectivity index (χ3v) is 2.66. The highest BCUT2D eigenvalue weighted by Gasteiger charge is 2.00. The standard InChI is InChI=1S/C11H20N4O2S/c1-16-6-7-17-5-3-4-13-10-8-9(12)14-11(15-10)18-2/h8H,3-7H2,1-2H3,(H3,12,13,14,15). The fraction of sp³-hybridized carbons (Fsp3) is 0.636. The molecule has 0 fully saturated rings. The summed E-state index contributed by atoms with van der Waals surface area (Å²) in [5.74, 6) is 1.23. The number of nitrogens with two attached hydrogens (primary N) is 1. The van der Waals surface area contributed by atoms with Crippen molar-refractivity contribution < 1.29 is 9.47 Å². The van der Waals surface area contributed by atoms with Gasteiger partial charge in [-0.05, 0) is 12.7 Å². The SMILES string of the molecule is COCCOCCCNc1cc(N)nc(SC)n1. The van der Waals surface area contributed by atoms with Crippen molar-refractivity contribution in [1.29, 1.82) is 0 Å². The number of nitrogens with one attached hydrogen (secondary N) is 1. The summed E-state index contributed by atoms with van der Waals surface area (Å²) < 4.78 is 10.2. The normalized spacial score (nSPS) is 10.6. The molecule has 7 heteroatoms. The molecular formula is C11H20N4O2S. The van der Waals surface area contributed by atoms with E-state index >= 15 is 0 Å². The molecule has 0 saturated heterocycles. The van der Waals surface area contributed by atoms with Crippen LogP contribution in [-0.2, 0) is 9.47 Å². The van der Waals surface area contributed by atoms with Crippen LogP contribution >= 0.6 is 11.8 Å². The second kappa shape index (κ2) is 8.96. The molecule has 0 aliphatic carbocycles. The molecule has 1 aromatic heterocycles. The molecule has 0 spiro atoms. The Balaban J connectivity index is 2.20. The van der Waals surface area contributed by atoms with Crippen LogP contribution in [0, 0.1) is 0 Å². The highest BCUT2D eigenvalue weighted by Crippen LogP contribution is 2.14. The summed E-state index contributed by atoms with van der Waals surface area (Å²) >= 11 is 1.47. The second-order valence-corrected chi connectivity index (χ2v) is 4.32. The molecule has 102 valence electrons. The minimum absolute atomic E-state index is 0.480. The van der Waals surface area contributed by atoms with Gasteiger partial charge in [0.1, 0.15) is 11.6 Å². The van der Waals surface area contributed by atoms with Crippen molar-refractivity contribution in [2.24, 2.45) is 0 Å². The zero-order valence-electron chi connectivity index (χ0n) is 10.8. The third-order valence-electron chi connectivity index (χ3n) is 2.11. The quantitative estimate of drug-likeness (QED) is 0.397. The maximum Gasteiger partial charge on any atom is 0.191 e. The minimum atomic E-state index is 0.480. The average molecular weight is 272 g/mol. The molecule has 1 aromatic rings. The lowest BCUT2D eigenvalue weighted by atomic mass is 10.4. The highest BCUT2D eigenvalue weighted by molar-refractivity contribution is 7.98. The molecule has 0 saturated carbocycles. The van der Waals surface area contributed by atoms with Gasteiger partial charge in [0.05, 0.1) is 13.2 Å². The van der Waals surface area contributed by atoms with Crippen molar-refractivity contribution in [3.63, 3.8) is 0 Å². The van der Waals surface area contributed by atoms with E-state index in [1.54, 1.807) is 13.2 Å². The molecule has 1 heterocycles. The molecule has 1 rings (SSSR count). The van der Waals surface area contributed by atoms with Crippen molar-refractivity contribution >= 4 is 23.4 Å². The number of rotatable bonds is 9. The fourth-order valence-corrected chi connectivity index (χ4v) is 1.65. The summed E-state index contributed by atoms with van der Waals surface area (Å²) in [4.78, 5) is 8.38. The van der Waals surface area contributed by atoms with E-state index in [2.05, 4.69) is 15.3 Å². The predicted octanol–water partition coefficient (Wildman–Crippen LogP) is 1.25. The van der Waals surface area contributed by atoms with Gasteiger partial charge < -0.3 is 20.5 Å². The Kier molecular flexibility index (Phi) is 7.47. The Morgan fingerprint density at radius 3 is 2.89 bits per heavy atom. The molecule has 0 atom stereocenters. The first kappa shape index (κ1) is 15.0. The van der Waals surface area contributed by atoms with Gasteiger partial charge in [0.15, 0.2) is 5.16 Å². The Morgan fingerprint density at radius 1 is 1.33 bits per heavy atom. The summed E-state index contributed by atoms with van der Waals surface area (Å²) in [5.41, 5.74) is 5.68. The highest BCUT2D eigenvalue weighted by atomic mass is 32.2. The van der Waals surface area contributed by atoms with Gasteiger partial charge in [-0.15, -0.1) is 0 Å². The minimum Gasteiger partial charge on any atom is -0.383 e. The van der Waals surface area contributed by atoms with E-state index < -0.39 is 0 Å². The number of aromatic nitrogens is 2. The number of hydrogen-bond donors (Lipinski definition) is 2. The van der Waals surface area contributed by atoms with Gasteiger partial charge in [0, 0.05) is 26.3 Å². The molecule has 0 aromatic carbocycles. The van der Waals surface area contributed by atoms with E-state index in [4.69, 9.17) is 15.2 Å². The summed E-state index contributed by atoms with van der Waals surface area (Å²) in [5, 5.41) is 3.87. The van der Waals surface area contributed by atoms with Crippen molar-refractivity contribution in [2.75, 3.05) is 50.8 Å². The van der Waals surface area contributed by atoms with Gasteiger partial charge in [-0.3, -0.25) is 0 Å². The van der Waals surface area contributed by atoms with Crippen LogP contribution in [0.1, 0.15) is 6.42 Å². The van der Waals surface area contributed by atoms with Crippen molar-refractivity contribution in [1.82, 2.24) is 9.97 Å². The zero-order chi connectivity index (χ0) is 13.2. The first-order valence-electron chi connectivity index (χ1n) is 5.75. The molecule has 0 bridgehead atoms. The number of nitrogens with zero attached hydrogens (tertiary/aromatic N) is 2. The molecule has 18 heavy (non-hydrogen) atoms. The lowest BCUT2D eigenvalue weighted by Crippen LogP contribution is -2.10. The van der Waals surface area contributed by atoms with Gasteiger partial charge in [-0.25, -0.2) is 9.97 Å². The third kappa shape index (κ3) is 6.04. The first-order valence-corrected chi connectivity index (χ1v) is 6.98. The Hall–Kier alpha value is -1.05. The zero-order valence-corrected chi connectivity index (χ0v) is 11.6. The average Bonchev–Trinajstić information content (AvgIpc) is 2.37. The first-order chi connectivity index (χ1) is 8.76. The summed E-state index contributed by atoms with van der Waals surface area (Å²) in [6.45, 7) is 2.75. The molecule has 0 amide bonds. The van der Waals surface area contributed by atoms with Crippen LogP contribution in [0.15, 0.2) is 11.2 Å². The van der Waals surface area contributed by atoms with Gasteiger partial charge in [0.2, 0.25) is 0 Å². The number of methoxy groups -OCH3 is 1. The molecular weight excluding hydrogens is 252 g/mol. The largest absolute Gasteiger partial charge is 0.383 e. The number of thioether (sulfide) groups is 1. The van der Waals surface area contributed by atoms with E-state index in [-0.39, 0.29) is 0 Å². The Labute approximate surface area is 112 Å². The maximum atomic E-state index is 5.68. The fourth-order valence-electron chi connectivity index (χ4n) is 1.26. The monoisotopic (exact) mass is 272 g/mol. The summed E-state index contributed by atoms with van der Waals surface area (Å²) in [6, 6.07) is 1.73. The van der Waals surface area contributed by atoms with Crippen LogP contribution in [0.3, 0.4) is 0 Å². The van der Waals surface area contributed by atoms with Crippen LogP contribution in [0.4, 0.5) is 11.6 Å². The van der Waals surface area contributed by atoms with Gasteiger partial charge in [-0.2, -0.15) is 0 Å². The van der Waals surface area contributed by atoms with E-state index in [1.165, 1.54) is 11.8 Å². The Bertz CT molecular complexity index is 352. The maximum absolute atomic E-state index is 5.68. The van der Waals surface area contributed by atoms with Crippen molar-refractivity contribution in [3.8, 4) is 0 Å². The van der Waals surface area contributed by atoms with E-state index in [0.717, 1.165) is 18.8 Å². The lowest BCUT2D eigenvalue weighted by Gasteiger charge is -2.07. The topological polar surface area (TPSA) is 82.3 Å². The molecule has 6 nitrogen and oxygen atoms in total. The molecule has 3 N–H and O–H groups in total. The van der Waals surface area contributed by atoms with Crippen molar-refractivity contribution in [2.45, 2.75) is 11.6 Å². The van der Waals surface area contributed by atoms with Crippen molar-refractivity contribution in [3.05, 3.63) is 6.07 Å². The number of ether oxygens (including phenoxy) is 2. The summed E-state index contributed by atoms with van der Waals surface area (Å²) in [7, 11) is 1.66. The van der Waals surface area contributed by atoms with E-state index in [1.807, 2.05) is 6.26 Å². The van der Waals surface area contributed by atoms with Gasteiger partial charge in [0.25, 0.3) is 0 Å². The second-order valence-electron chi connectivity index (χ2n) is 3.55. The van der Waals surface area contributed by atoms with Crippen LogP contribution < -0.4 is 11.1 Å².